The van der Waals surface area contributed by atoms with Crippen LogP contribution >= 0.6 is 7.26 Å². The van der Waals surface area contributed by atoms with Gasteiger partial charge in [0, 0.05) is 24.8 Å². The molecule has 0 heterocycles. The van der Waals surface area contributed by atoms with Crippen LogP contribution < -0.4 is 32.3 Å². The molecule has 45 heavy (non-hydrogen) atoms. The number of amidine groups is 2. The first-order chi connectivity index (χ1) is 21.4. The van der Waals surface area contributed by atoms with Gasteiger partial charge >= 0.3 is 17.1 Å². The molecule has 4 N–H and O–H groups in total. The molecule has 0 amide bonds. The first-order valence-corrected chi connectivity index (χ1v) is 16.8. The molecule has 0 unspecified atom stereocenters. The van der Waals surface area contributed by atoms with Crippen molar-refractivity contribution in [3.05, 3.63) is 121 Å². The number of hydrogen-bond donors (Lipinski definition) is 3. The zero-order valence-electron chi connectivity index (χ0n) is 24.9. The number of nitrogen functional groups attached to an aromatic ring is 1. The van der Waals surface area contributed by atoms with Crippen LogP contribution in [-0.4, -0.2) is 48.3 Å². The number of anilines is 1. The molecule has 4 aromatic rings. The van der Waals surface area contributed by atoms with Gasteiger partial charge in [0.2, 0.25) is 0 Å². The third kappa shape index (κ3) is 9.90. The van der Waals surface area contributed by atoms with Crippen LogP contribution in [0.5, 0.6) is 0 Å². The molecule has 235 valence electrons. The van der Waals surface area contributed by atoms with Gasteiger partial charge in [-0.05, 0) is 65.8 Å². The van der Waals surface area contributed by atoms with E-state index >= 15 is 0 Å². The predicted molar refractivity (Wildman–Crippen MR) is 193 cm³/mol. The number of rotatable bonds is 12. The third-order valence-electron chi connectivity index (χ3n) is 6.67. The van der Waals surface area contributed by atoms with Crippen molar-refractivity contribution >= 4 is 75.9 Å². The van der Waals surface area contributed by atoms with Crippen LogP contribution in [0.15, 0.2) is 136 Å². The molecule has 8 nitrogen and oxygen atoms in total. The quantitative estimate of drug-likeness (QED) is 0.0302. The van der Waals surface area contributed by atoms with Gasteiger partial charge in [-0.2, -0.15) is 15.3 Å². The summed E-state index contributed by atoms with van der Waals surface area (Å²) in [6, 6.07) is 39.1. The standard InChI is InChI=1S/C33H36N7OPS2.Cu/c1-25(31(38-39-32(43)35-2)26-18-20-27(34)21-19-26)37-40-33(44)36-22-23-41-24-42(28-12-6-3-7-13-28,29-14-8-4-9-15-29)30-16-10-5-11-17-30;/h3-21H,22-24H2,1-2H3,(H5-,34,35,36,37,38,39,40,43,44);/q;+2/p-1. The summed E-state index contributed by atoms with van der Waals surface area (Å²) in [4.78, 5) is 0. The van der Waals surface area contributed by atoms with E-state index in [0.717, 1.165) is 5.56 Å². The molecule has 0 atom stereocenters. The van der Waals surface area contributed by atoms with E-state index in [-0.39, 0.29) is 27.4 Å². The summed E-state index contributed by atoms with van der Waals surface area (Å²) in [5.74, 6) is 0. The molecule has 0 aliphatic carbocycles. The Labute approximate surface area is 287 Å². The monoisotopic (exact) mass is 703 g/mol. The molecule has 0 spiro atoms. The summed E-state index contributed by atoms with van der Waals surface area (Å²) >= 11 is 10.5. The second-order valence-corrected chi connectivity index (χ2v) is 13.8. The average Bonchev–Trinajstić information content (AvgIpc) is 3.07. The number of nitrogens with one attached hydrogen (secondary N) is 2. The van der Waals surface area contributed by atoms with Crippen LogP contribution in [0.2, 0.25) is 0 Å². The van der Waals surface area contributed by atoms with Gasteiger partial charge in [0.1, 0.15) is 28.9 Å². The maximum absolute atomic E-state index is 6.40. The predicted octanol–water partition coefficient (Wildman–Crippen LogP) is 3.93. The zero-order valence-corrected chi connectivity index (χ0v) is 28.4. The summed E-state index contributed by atoms with van der Waals surface area (Å²) in [6.07, 6.45) is 0.549. The smallest absolute Gasteiger partial charge is 0.741 e. The van der Waals surface area contributed by atoms with Crippen LogP contribution in [-0.2, 0) is 47.1 Å². The first-order valence-electron chi connectivity index (χ1n) is 14.0. The average molecular weight is 704 g/mol. The molecule has 0 saturated carbocycles. The molecule has 1 radical (unpaired) electrons. The van der Waals surface area contributed by atoms with Crippen molar-refractivity contribution in [1.29, 1.82) is 0 Å². The van der Waals surface area contributed by atoms with Gasteiger partial charge in [-0.3, -0.25) is 0 Å². The Hall–Kier alpha value is -3.69. The van der Waals surface area contributed by atoms with E-state index in [1.807, 2.05) is 30.3 Å². The summed E-state index contributed by atoms with van der Waals surface area (Å²) < 4.78 is 6.40. The topological polar surface area (TPSA) is 109 Å². The molecule has 0 fully saturated rings. The Kier molecular flexibility index (Phi) is 14.6. The van der Waals surface area contributed by atoms with E-state index in [1.54, 1.807) is 26.1 Å². The van der Waals surface area contributed by atoms with Crippen LogP contribution in [0.3, 0.4) is 0 Å². The third-order valence-corrected chi connectivity index (χ3v) is 11.3. The van der Waals surface area contributed by atoms with Gasteiger partial charge in [0.15, 0.2) is 6.35 Å². The van der Waals surface area contributed by atoms with Gasteiger partial charge in [0.25, 0.3) is 0 Å². The molecule has 0 saturated heterocycles. The van der Waals surface area contributed by atoms with Crippen molar-refractivity contribution in [3.8, 4) is 0 Å². The van der Waals surface area contributed by atoms with Crippen molar-refractivity contribution in [2.75, 3.05) is 32.3 Å². The molecule has 0 aliphatic heterocycles. The SMILES string of the molecule is CN/C([S-])=N/N=C(/C(C)=N/N=C(\[S-])NCCOC[P+](c1ccccc1)(c1ccccc1)c1ccccc1)c1ccc(N)cc1.[Cu+2]. The Bertz CT molecular complexity index is 1510. The Balaban J connectivity index is 0.00000552. The number of benzene rings is 4. The van der Waals surface area contributed by atoms with Gasteiger partial charge in [0.05, 0.1) is 12.3 Å². The number of ether oxygens (including phenoxy) is 1. The second-order valence-electron chi connectivity index (χ2n) is 9.60. The molecule has 4 aromatic carbocycles. The van der Waals surface area contributed by atoms with Crippen molar-refractivity contribution < 1.29 is 21.8 Å². The summed E-state index contributed by atoms with van der Waals surface area (Å²) in [5.41, 5.74) is 8.27. The van der Waals surface area contributed by atoms with Crippen LogP contribution in [0.1, 0.15) is 12.5 Å². The minimum atomic E-state index is -2.07. The second kappa shape index (κ2) is 18.3. The van der Waals surface area contributed by atoms with E-state index < -0.39 is 7.26 Å². The fraction of sp³-hybridized carbons (Fsp3) is 0.152. The summed E-state index contributed by atoms with van der Waals surface area (Å²) in [5, 5.41) is 27.0. The van der Waals surface area contributed by atoms with Gasteiger partial charge in [-0.1, -0.05) is 66.7 Å². The van der Waals surface area contributed by atoms with Crippen LogP contribution in [0, 0.1) is 0 Å². The van der Waals surface area contributed by atoms with Crippen LogP contribution in [0.4, 0.5) is 5.69 Å². The minimum absolute atomic E-state index is 0. The van der Waals surface area contributed by atoms with Gasteiger partial charge in [-0.15, -0.1) is 5.10 Å². The Morgan fingerprint density at radius 1 is 0.711 bits per heavy atom. The largest absolute Gasteiger partial charge is 2.00 e. The zero-order chi connectivity index (χ0) is 31.2. The maximum atomic E-state index is 6.40. The molecule has 0 aliphatic rings. The molecule has 4 rings (SSSR count). The summed E-state index contributed by atoms with van der Waals surface area (Å²) in [7, 11) is -0.393. The molecule has 12 heteroatoms. The van der Waals surface area contributed by atoms with Gasteiger partial charge < -0.3 is 46.4 Å². The van der Waals surface area contributed by atoms with E-state index in [1.165, 1.54) is 15.9 Å². The van der Waals surface area contributed by atoms with Crippen molar-refractivity contribution in [1.82, 2.24) is 10.6 Å². The maximum Gasteiger partial charge on any atom is 2.00 e. The Morgan fingerprint density at radius 3 is 1.69 bits per heavy atom. The first kappa shape index (κ1) is 35.8. The number of nitrogens with two attached hydrogens (primary N) is 1. The number of hydrogen-bond acceptors (Lipinski definition) is 8. The van der Waals surface area contributed by atoms with Gasteiger partial charge in [-0.25, -0.2) is 0 Å². The number of nitrogens with zero attached hydrogens (tertiary/aromatic N) is 4. The van der Waals surface area contributed by atoms with Crippen molar-refractivity contribution in [3.63, 3.8) is 0 Å². The minimum Gasteiger partial charge on any atom is -0.741 e. The van der Waals surface area contributed by atoms with E-state index in [9.17, 15) is 0 Å². The molecule has 0 bridgehead atoms. The summed E-state index contributed by atoms with van der Waals surface area (Å²) in [6.45, 7) is 2.69. The fourth-order valence-corrected chi connectivity index (χ4v) is 8.45. The normalized spacial score (nSPS) is 12.8. The van der Waals surface area contributed by atoms with Crippen molar-refractivity contribution in [2.24, 2.45) is 20.4 Å². The van der Waals surface area contributed by atoms with E-state index in [0.29, 0.717) is 36.6 Å². The Morgan fingerprint density at radius 2 is 1.20 bits per heavy atom. The van der Waals surface area contributed by atoms with Crippen molar-refractivity contribution in [2.45, 2.75) is 6.92 Å². The fourth-order valence-electron chi connectivity index (χ4n) is 4.48. The molecule has 0 aromatic heterocycles. The van der Waals surface area contributed by atoms with E-state index in [4.69, 9.17) is 35.7 Å². The van der Waals surface area contributed by atoms with Crippen LogP contribution in [0.25, 0.3) is 0 Å². The molecular weight excluding hydrogens is 669 g/mol. The molecular formula is C33H35CuN7OPS2+. The van der Waals surface area contributed by atoms with E-state index in [2.05, 4.69) is 104 Å².